The molecule has 0 bridgehead atoms. The van der Waals surface area contributed by atoms with E-state index in [-0.39, 0.29) is 43.3 Å². The fraction of sp³-hybridized carbons (Fsp3) is 0.395. The average molecular weight is 627 g/mol. The zero-order chi connectivity index (χ0) is 32.6. The number of carbonyl (C=O) groups excluding carboxylic acids is 3. The monoisotopic (exact) mass is 626 g/mol. The van der Waals surface area contributed by atoms with Crippen LogP contribution >= 0.6 is 0 Å². The highest BCUT2D eigenvalue weighted by Gasteiger charge is 2.26. The molecule has 0 aromatic heterocycles. The molecule has 3 aromatic carbocycles. The Bertz CT molecular complexity index is 1390. The first kappa shape index (κ1) is 34.4. The van der Waals surface area contributed by atoms with Gasteiger partial charge >= 0.3 is 5.97 Å². The quantitative estimate of drug-likeness (QED) is 0.196. The van der Waals surface area contributed by atoms with Gasteiger partial charge in [0.2, 0.25) is 11.8 Å². The van der Waals surface area contributed by atoms with E-state index >= 15 is 0 Å². The number of nitrogens with one attached hydrogen (secondary N) is 2. The maximum Gasteiger partial charge on any atom is 0.309 e. The number of allylic oxidation sites excluding steroid dienone is 2. The van der Waals surface area contributed by atoms with E-state index in [4.69, 9.17) is 9.47 Å². The first-order valence-electron chi connectivity index (χ1n) is 16.2. The zero-order valence-corrected chi connectivity index (χ0v) is 26.6. The number of cyclic esters (lactones) is 1. The minimum Gasteiger partial charge on any atom is -0.489 e. The smallest absolute Gasteiger partial charge is 0.309 e. The van der Waals surface area contributed by atoms with Crippen molar-refractivity contribution in [2.45, 2.75) is 70.6 Å². The number of hydrogen-bond donors (Lipinski definition) is 3. The molecule has 0 saturated carbocycles. The largest absolute Gasteiger partial charge is 0.489 e. The predicted octanol–water partition coefficient (Wildman–Crippen LogP) is 5.33. The van der Waals surface area contributed by atoms with Crippen LogP contribution in [0.3, 0.4) is 0 Å². The molecule has 244 valence electrons. The lowest BCUT2D eigenvalue weighted by Gasteiger charge is -2.22. The van der Waals surface area contributed by atoms with Crippen molar-refractivity contribution in [3.05, 3.63) is 114 Å². The lowest BCUT2D eigenvalue weighted by Crippen LogP contribution is -2.42. The third-order valence-electron chi connectivity index (χ3n) is 8.09. The SMILES string of the molecule is C[C@H]1CNC(=O)[C@@H](CC(=O)N[C@H](CO)Cc2ccc(OCc3ccccc3)cc2)CC=CCCC[C@H](Cc2ccccc2)C(=O)O1. The van der Waals surface area contributed by atoms with Gasteiger partial charge in [0.1, 0.15) is 18.5 Å². The molecule has 0 aliphatic carbocycles. The Labute approximate surface area is 272 Å². The summed E-state index contributed by atoms with van der Waals surface area (Å²) in [6, 6.07) is 26.9. The summed E-state index contributed by atoms with van der Waals surface area (Å²) in [5.41, 5.74) is 3.12. The molecule has 0 unspecified atom stereocenters. The number of rotatable bonds is 11. The first-order valence-corrected chi connectivity index (χ1v) is 16.2. The summed E-state index contributed by atoms with van der Waals surface area (Å²) in [5.74, 6) is -0.938. The summed E-state index contributed by atoms with van der Waals surface area (Å²) in [6.07, 6.45) is 7.18. The molecule has 1 aliphatic heterocycles. The Kier molecular flexibility index (Phi) is 13.9. The van der Waals surface area contributed by atoms with Gasteiger partial charge in [0.05, 0.1) is 31.0 Å². The molecular formula is C38H46N2O6. The molecular weight excluding hydrogens is 580 g/mol. The molecule has 8 heteroatoms. The van der Waals surface area contributed by atoms with E-state index in [9.17, 15) is 19.5 Å². The number of amides is 2. The topological polar surface area (TPSA) is 114 Å². The highest BCUT2D eigenvalue weighted by molar-refractivity contribution is 5.86. The highest BCUT2D eigenvalue weighted by Crippen LogP contribution is 2.20. The van der Waals surface area contributed by atoms with E-state index in [1.165, 1.54) is 0 Å². The van der Waals surface area contributed by atoms with Crippen LogP contribution in [0.2, 0.25) is 0 Å². The summed E-state index contributed by atoms with van der Waals surface area (Å²) in [6.45, 7) is 2.16. The van der Waals surface area contributed by atoms with Crippen molar-refractivity contribution in [2.24, 2.45) is 11.8 Å². The van der Waals surface area contributed by atoms with Gasteiger partial charge in [-0.05, 0) is 74.3 Å². The molecule has 0 fully saturated rings. The van der Waals surface area contributed by atoms with E-state index in [0.29, 0.717) is 32.3 Å². The molecule has 4 atom stereocenters. The van der Waals surface area contributed by atoms with Crippen LogP contribution < -0.4 is 15.4 Å². The fourth-order valence-corrected chi connectivity index (χ4v) is 5.49. The summed E-state index contributed by atoms with van der Waals surface area (Å²) in [4.78, 5) is 39.2. The van der Waals surface area contributed by atoms with Crippen molar-refractivity contribution >= 4 is 17.8 Å². The van der Waals surface area contributed by atoms with Gasteiger partial charge < -0.3 is 25.2 Å². The van der Waals surface area contributed by atoms with Crippen molar-refractivity contribution in [1.82, 2.24) is 10.6 Å². The molecule has 0 radical (unpaired) electrons. The van der Waals surface area contributed by atoms with Gasteiger partial charge in [-0.15, -0.1) is 0 Å². The Hall–Kier alpha value is -4.43. The van der Waals surface area contributed by atoms with Gasteiger partial charge in [-0.25, -0.2) is 0 Å². The highest BCUT2D eigenvalue weighted by atomic mass is 16.5. The number of aliphatic hydroxyl groups excluding tert-OH is 1. The van der Waals surface area contributed by atoms with E-state index < -0.39 is 18.1 Å². The number of ether oxygens (including phenoxy) is 2. The number of benzene rings is 3. The maximum atomic E-state index is 13.1. The van der Waals surface area contributed by atoms with Crippen LogP contribution in [0.5, 0.6) is 5.75 Å². The number of aliphatic hydroxyl groups is 1. The van der Waals surface area contributed by atoms with Crippen LogP contribution in [-0.4, -0.2) is 48.2 Å². The average Bonchev–Trinajstić information content (AvgIpc) is 3.07. The van der Waals surface area contributed by atoms with Crippen molar-refractivity contribution in [3.8, 4) is 5.75 Å². The van der Waals surface area contributed by atoms with Crippen LogP contribution in [0.25, 0.3) is 0 Å². The Morgan fingerprint density at radius 3 is 2.33 bits per heavy atom. The lowest BCUT2D eigenvalue weighted by molar-refractivity contribution is -0.153. The van der Waals surface area contributed by atoms with Crippen LogP contribution in [0, 0.1) is 11.8 Å². The lowest BCUT2D eigenvalue weighted by atomic mass is 9.93. The van der Waals surface area contributed by atoms with Gasteiger partial charge in [-0.3, -0.25) is 14.4 Å². The van der Waals surface area contributed by atoms with Crippen molar-refractivity contribution < 1.29 is 29.0 Å². The second kappa shape index (κ2) is 18.5. The van der Waals surface area contributed by atoms with E-state index in [1.807, 2.05) is 97.1 Å². The molecule has 46 heavy (non-hydrogen) atoms. The second-order valence-corrected chi connectivity index (χ2v) is 12.0. The minimum absolute atomic E-state index is 0.0216. The predicted molar refractivity (Wildman–Crippen MR) is 178 cm³/mol. The molecule has 3 aromatic rings. The van der Waals surface area contributed by atoms with Crippen molar-refractivity contribution in [1.29, 1.82) is 0 Å². The first-order chi connectivity index (χ1) is 22.4. The molecule has 1 heterocycles. The van der Waals surface area contributed by atoms with Gasteiger partial charge in [-0.2, -0.15) is 0 Å². The number of carbonyl (C=O) groups is 3. The van der Waals surface area contributed by atoms with Gasteiger partial charge in [0.15, 0.2) is 0 Å². The molecule has 8 nitrogen and oxygen atoms in total. The maximum absolute atomic E-state index is 13.1. The van der Waals surface area contributed by atoms with Gasteiger partial charge in [0, 0.05) is 6.42 Å². The van der Waals surface area contributed by atoms with Gasteiger partial charge in [-0.1, -0.05) is 84.9 Å². The van der Waals surface area contributed by atoms with Gasteiger partial charge in [0.25, 0.3) is 0 Å². The molecule has 3 N–H and O–H groups in total. The summed E-state index contributed by atoms with van der Waals surface area (Å²) in [5, 5.41) is 15.8. The summed E-state index contributed by atoms with van der Waals surface area (Å²) >= 11 is 0. The Morgan fingerprint density at radius 1 is 0.935 bits per heavy atom. The van der Waals surface area contributed by atoms with E-state index in [1.54, 1.807) is 6.92 Å². The minimum atomic E-state index is -0.590. The van der Waals surface area contributed by atoms with Crippen molar-refractivity contribution in [3.63, 3.8) is 0 Å². The van der Waals surface area contributed by atoms with E-state index in [2.05, 4.69) is 10.6 Å². The van der Waals surface area contributed by atoms with Crippen LogP contribution in [-0.2, 0) is 38.6 Å². The second-order valence-electron chi connectivity index (χ2n) is 12.0. The van der Waals surface area contributed by atoms with Crippen molar-refractivity contribution in [2.75, 3.05) is 13.2 Å². The Balaban J connectivity index is 1.28. The number of esters is 1. The third kappa shape index (κ3) is 11.8. The van der Waals surface area contributed by atoms with Crippen LogP contribution in [0.15, 0.2) is 97.1 Å². The molecule has 1 aliphatic rings. The van der Waals surface area contributed by atoms with E-state index in [0.717, 1.165) is 35.3 Å². The fourth-order valence-electron chi connectivity index (χ4n) is 5.49. The van der Waals surface area contributed by atoms with Crippen LogP contribution in [0.1, 0.15) is 55.7 Å². The normalized spacial score (nSPS) is 20.1. The molecule has 0 spiro atoms. The standard InChI is InChI=1S/C38H46N2O6/c1-28-25-39-37(43)32(16-10-2-3-11-17-33(38(44)46-28)22-29-12-6-4-7-13-29)24-36(42)40-34(26-41)23-30-18-20-35(21-19-30)45-27-31-14-8-5-9-15-31/h2,4-10,12-15,18-21,28,32-34,41H,3,11,16-17,22-27H2,1H3,(H,39,43)(H,40,42)/t28-,32+,33+,34-/m0/s1. The van der Waals surface area contributed by atoms with Crippen LogP contribution in [0.4, 0.5) is 0 Å². The Morgan fingerprint density at radius 2 is 1.63 bits per heavy atom. The zero-order valence-electron chi connectivity index (χ0n) is 26.6. The summed E-state index contributed by atoms with van der Waals surface area (Å²) in [7, 11) is 0. The molecule has 4 rings (SSSR count). The molecule has 2 amide bonds. The number of hydrogen-bond acceptors (Lipinski definition) is 6. The molecule has 0 saturated heterocycles. The third-order valence-corrected chi connectivity index (χ3v) is 8.09. The summed E-state index contributed by atoms with van der Waals surface area (Å²) < 4.78 is 11.6.